The first-order chi connectivity index (χ1) is 16.5. The summed E-state index contributed by atoms with van der Waals surface area (Å²) in [5.74, 6) is 0.134. The lowest BCUT2D eigenvalue weighted by Crippen LogP contribution is -2.42. The quantitative estimate of drug-likeness (QED) is 0.317. The number of aromatic nitrogens is 2. The molecular formula is C25H31FN6O2S. The second-order valence-corrected chi connectivity index (χ2v) is 11.4. The molecule has 0 unspecified atom stereocenters. The average Bonchev–Trinajstić information content (AvgIpc) is 3.49. The van der Waals surface area contributed by atoms with Crippen LogP contribution in [0.3, 0.4) is 0 Å². The Labute approximate surface area is 207 Å². The predicted molar refractivity (Wildman–Crippen MR) is 137 cm³/mol. The van der Waals surface area contributed by atoms with Gasteiger partial charge in [0.25, 0.3) is 5.91 Å². The molecule has 0 aliphatic heterocycles. The molecule has 186 valence electrons. The minimum absolute atomic E-state index is 0.151. The summed E-state index contributed by atoms with van der Waals surface area (Å²) < 4.78 is 15.3. The Balaban J connectivity index is 1.41. The van der Waals surface area contributed by atoms with Crippen LogP contribution in [0.4, 0.5) is 21.6 Å². The van der Waals surface area contributed by atoms with Crippen molar-refractivity contribution in [2.75, 3.05) is 17.2 Å². The van der Waals surface area contributed by atoms with Crippen LogP contribution in [0.15, 0.2) is 36.0 Å². The molecule has 2 fully saturated rings. The maximum Gasteiger partial charge on any atom is 0.255 e. The number of halogens is 1. The number of nitrogens with two attached hydrogens (primary N) is 1. The number of nitrogens with one attached hydrogen (secondary N) is 3. The molecule has 0 spiro atoms. The standard InChI is InChI=1S/C25H31FN6O2S/c1-23(2,34)20(26)12-29-22(33)16-11-28-21(31-15-3-4-17-19(9-15)35-14-30-17)10-18(16)32-25-7-5-24(27,13-25)6-8-25/h3-4,9-11,14,20,34H,5-8,12-13,27H2,1-2H3,(H,29,33)(H2,28,31,32)/t20-,24?,25?/m1/s1. The van der Waals surface area contributed by atoms with Crippen molar-refractivity contribution < 1.29 is 14.3 Å². The minimum atomic E-state index is -1.60. The molecule has 5 rings (SSSR count). The van der Waals surface area contributed by atoms with Crippen LogP contribution in [0.5, 0.6) is 0 Å². The Kier molecular flexibility index (Phi) is 5.93. The Morgan fingerprint density at radius 2 is 2.03 bits per heavy atom. The Morgan fingerprint density at radius 3 is 2.71 bits per heavy atom. The average molecular weight is 499 g/mol. The lowest BCUT2D eigenvalue weighted by molar-refractivity contribution is -0.00177. The van der Waals surface area contributed by atoms with Crippen molar-refractivity contribution in [3.05, 3.63) is 41.5 Å². The molecule has 2 aromatic heterocycles. The van der Waals surface area contributed by atoms with Crippen LogP contribution in [0.2, 0.25) is 0 Å². The first-order valence-electron chi connectivity index (χ1n) is 11.9. The number of rotatable bonds is 8. The zero-order chi connectivity index (χ0) is 24.8. The van der Waals surface area contributed by atoms with E-state index in [1.54, 1.807) is 11.3 Å². The van der Waals surface area contributed by atoms with Gasteiger partial charge in [-0.3, -0.25) is 4.79 Å². The van der Waals surface area contributed by atoms with Gasteiger partial charge in [-0.2, -0.15) is 0 Å². The molecule has 0 radical (unpaired) electrons. The van der Waals surface area contributed by atoms with E-state index in [-0.39, 0.29) is 17.6 Å². The number of carbonyl (C=O) groups excluding carboxylic acids is 1. The Bertz CT molecular complexity index is 1250. The van der Waals surface area contributed by atoms with Crippen LogP contribution >= 0.6 is 11.3 Å². The number of thiazole rings is 1. The van der Waals surface area contributed by atoms with Crippen molar-refractivity contribution in [3.8, 4) is 0 Å². The molecule has 3 aromatic rings. The molecule has 2 aliphatic rings. The lowest BCUT2D eigenvalue weighted by Gasteiger charge is -2.30. The van der Waals surface area contributed by atoms with Gasteiger partial charge in [0, 0.05) is 29.0 Å². The highest BCUT2D eigenvalue weighted by molar-refractivity contribution is 7.16. The summed E-state index contributed by atoms with van der Waals surface area (Å²) in [5, 5.41) is 19.4. The Hall–Kier alpha value is -2.82. The topological polar surface area (TPSA) is 125 Å². The van der Waals surface area contributed by atoms with Crippen LogP contribution < -0.4 is 21.7 Å². The molecule has 2 aliphatic carbocycles. The fourth-order valence-corrected chi connectivity index (χ4v) is 5.84. The monoisotopic (exact) mass is 498 g/mol. The zero-order valence-electron chi connectivity index (χ0n) is 19.9. The van der Waals surface area contributed by atoms with Gasteiger partial charge in [-0.25, -0.2) is 14.4 Å². The number of anilines is 3. The van der Waals surface area contributed by atoms with Gasteiger partial charge < -0.3 is 26.8 Å². The van der Waals surface area contributed by atoms with Crippen molar-refractivity contribution in [2.45, 2.75) is 68.8 Å². The largest absolute Gasteiger partial charge is 0.387 e. The summed E-state index contributed by atoms with van der Waals surface area (Å²) in [5.41, 5.74) is 9.21. The number of benzene rings is 1. The number of alkyl halides is 1. The highest BCUT2D eigenvalue weighted by atomic mass is 32.1. The molecular weight excluding hydrogens is 467 g/mol. The highest BCUT2D eigenvalue weighted by Gasteiger charge is 2.52. The summed E-state index contributed by atoms with van der Waals surface area (Å²) in [7, 11) is 0. The summed E-state index contributed by atoms with van der Waals surface area (Å²) in [6.45, 7) is 2.45. The number of hydrogen-bond donors (Lipinski definition) is 5. The molecule has 6 N–H and O–H groups in total. The smallest absolute Gasteiger partial charge is 0.255 e. The molecule has 35 heavy (non-hydrogen) atoms. The van der Waals surface area contributed by atoms with E-state index in [4.69, 9.17) is 5.73 Å². The summed E-state index contributed by atoms with van der Waals surface area (Å²) in [4.78, 5) is 21.8. The SMILES string of the molecule is CC(C)(O)[C@H](F)CNC(=O)c1cnc(Nc2ccc3ncsc3c2)cc1NC12CCC(N)(CC1)C2. The highest BCUT2D eigenvalue weighted by Crippen LogP contribution is 2.51. The fraction of sp³-hybridized carbons (Fsp3) is 0.480. The van der Waals surface area contributed by atoms with E-state index in [9.17, 15) is 14.3 Å². The number of aliphatic hydroxyl groups is 1. The first kappa shape index (κ1) is 23.9. The number of fused-ring (bicyclic) bond motifs is 3. The number of pyridine rings is 1. The van der Waals surface area contributed by atoms with Crippen molar-refractivity contribution in [1.82, 2.24) is 15.3 Å². The third-order valence-electron chi connectivity index (χ3n) is 7.25. The van der Waals surface area contributed by atoms with Crippen molar-refractivity contribution >= 4 is 44.7 Å². The van der Waals surface area contributed by atoms with Crippen molar-refractivity contribution in [1.29, 1.82) is 0 Å². The van der Waals surface area contributed by atoms with Crippen LogP contribution in [0.1, 0.15) is 56.3 Å². The Morgan fingerprint density at radius 1 is 1.26 bits per heavy atom. The van der Waals surface area contributed by atoms with Crippen LogP contribution in [0, 0.1) is 0 Å². The zero-order valence-corrected chi connectivity index (χ0v) is 20.7. The van der Waals surface area contributed by atoms with Crippen LogP contribution in [-0.2, 0) is 0 Å². The van der Waals surface area contributed by atoms with Crippen molar-refractivity contribution in [2.24, 2.45) is 5.73 Å². The van der Waals surface area contributed by atoms with Crippen LogP contribution in [-0.4, -0.2) is 50.4 Å². The van der Waals surface area contributed by atoms with Crippen LogP contribution in [0.25, 0.3) is 10.2 Å². The van der Waals surface area contributed by atoms with Gasteiger partial charge in [-0.05, 0) is 64.2 Å². The molecule has 1 amide bonds. The van der Waals surface area contributed by atoms with Gasteiger partial charge in [-0.1, -0.05) is 0 Å². The summed E-state index contributed by atoms with van der Waals surface area (Å²) in [6.07, 6.45) is 4.51. The molecule has 1 aromatic carbocycles. The van der Waals surface area contributed by atoms with Gasteiger partial charge in [-0.15, -0.1) is 11.3 Å². The van der Waals surface area contributed by atoms with E-state index in [1.165, 1.54) is 20.0 Å². The third-order valence-corrected chi connectivity index (χ3v) is 8.05. The lowest BCUT2D eigenvalue weighted by atomic mass is 9.91. The molecule has 2 saturated carbocycles. The number of hydrogen-bond acceptors (Lipinski definition) is 8. The van der Waals surface area contributed by atoms with E-state index in [1.807, 2.05) is 29.8 Å². The molecule has 1 atom stereocenters. The van der Waals surface area contributed by atoms with Gasteiger partial charge in [0.05, 0.1) is 39.1 Å². The van der Waals surface area contributed by atoms with Gasteiger partial charge in [0.15, 0.2) is 0 Å². The molecule has 2 heterocycles. The normalized spacial score (nSPS) is 24.5. The van der Waals surface area contributed by atoms with Gasteiger partial charge in [0.1, 0.15) is 12.0 Å². The first-order valence-corrected chi connectivity index (χ1v) is 12.7. The van der Waals surface area contributed by atoms with E-state index < -0.39 is 17.7 Å². The van der Waals surface area contributed by atoms with E-state index in [2.05, 4.69) is 25.9 Å². The molecule has 2 bridgehead atoms. The number of amides is 1. The number of nitrogens with zero attached hydrogens (tertiary/aromatic N) is 2. The summed E-state index contributed by atoms with van der Waals surface area (Å²) >= 11 is 1.56. The molecule has 8 nitrogen and oxygen atoms in total. The van der Waals surface area contributed by atoms with Gasteiger partial charge >= 0.3 is 0 Å². The second-order valence-electron chi connectivity index (χ2n) is 10.6. The van der Waals surface area contributed by atoms with E-state index in [0.29, 0.717) is 17.1 Å². The second kappa shape index (κ2) is 8.69. The number of carbonyl (C=O) groups is 1. The van der Waals surface area contributed by atoms with Gasteiger partial charge in [0.2, 0.25) is 0 Å². The predicted octanol–water partition coefficient (Wildman–Crippen LogP) is 4.10. The maximum atomic E-state index is 14.2. The van der Waals surface area contributed by atoms with E-state index in [0.717, 1.165) is 48.0 Å². The van der Waals surface area contributed by atoms with Crippen molar-refractivity contribution in [3.63, 3.8) is 0 Å². The molecule has 0 saturated heterocycles. The fourth-order valence-electron chi connectivity index (χ4n) is 5.12. The maximum absolute atomic E-state index is 14.2. The minimum Gasteiger partial charge on any atom is -0.387 e. The third kappa shape index (κ3) is 4.96. The van der Waals surface area contributed by atoms with E-state index >= 15 is 0 Å². The summed E-state index contributed by atoms with van der Waals surface area (Å²) in [6, 6.07) is 7.71. The molecule has 10 heteroatoms.